The number of aromatic nitrogens is 2. The molecule has 2 aromatic heterocycles. The first kappa shape index (κ1) is 22.7. The molecule has 0 unspecified atom stereocenters. The van der Waals surface area contributed by atoms with Crippen LogP contribution in [0.1, 0.15) is 16.2 Å². The van der Waals surface area contributed by atoms with Crippen molar-refractivity contribution < 1.29 is 19.4 Å². The van der Waals surface area contributed by atoms with E-state index < -0.39 is 0 Å². The summed E-state index contributed by atoms with van der Waals surface area (Å²) < 4.78 is 10.5. The van der Waals surface area contributed by atoms with Gasteiger partial charge in [0.2, 0.25) is 0 Å². The smallest absolute Gasteiger partial charge is 0.168 e. The number of hydrogen-bond donors (Lipinski definition) is 1. The van der Waals surface area contributed by atoms with Gasteiger partial charge in [0.25, 0.3) is 0 Å². The van der Waals surface area contributed by atoms with Crippen molar-refractivity contribution in [1.29, 1.82) is 0 Å². The SMILES string of the molecule is O=Cc1cc(Cl)cc(N2CCOCC2)n1.OCc1cc(Cl)cc(N2CCOCC2)n1. The molecule has 2 saturated heterocycles. The second kappa shape index (κ2) is 11.4. The molecule has 30 heavy (non-hydrogen) atoms. The molecule has 1 N–H and O–H groups in total. The van der Waals surface area contributed by atoms with E-state index in [4.69, 9.17) is 37.8 Å². The molecular formula is C20H24Cl2N4O4. The van der Waals surface area contributed by atoms with Gasteiger partial charge in [-0.1, -0.05) is 23.2 Å². The van der Waals surface area contributed by atoms with Gasteiger partial charge in [-0.25, -0.2) is 9.97 Å². The maximum absolute atomic E-state index is 10.6. The number of nitrogens with zero attached hydrogens (tertiary/aromatic N) is 4. The van der Waals surface area contributed by atoms with Gasteiger partial charge in [-0.15, -0.1) is 0 Å². The lowest BCUT2D eigenvalue weighted by Gasteiger charge is -2.28. The van der Waals surface area contributed by atoms with Gasteiger partial charge in [0.1, 0.15) is 17.3 Å². The highest BCUT2D eigenvalue weighted by molar-refractivity contribution is 6.31. The molecule has 2 aromatic rings. The number of pyridine rings is 2. The van der Waals surface area contributed by atoms with E-state index in [-0.39, 0.29) is 6.61 Å². The highest BCUT2D eigenvalue weighted by Gasteiger charge is 2.14. The van der Waals surface area contributed by atoms with Crippen LogP contribution in [0.3, 0.4) is 0 Å². The van der Waals surface area contributed by atoms with E-state index in [0.29, 0.717) is 54.1 Å². The summed E-state index contributed by atoms with van der Waals surface area (Å²) in [4.78, 5) is 23.3. The topological polar surface area (TPSA) is 88.0 Å². The van der Waals surface area contributed by atoms with Crippen molar-refractivity contribution in [2.75, 3.05) is 62.4 Å². The molecule has 2 fully saturated rings. The third-order valence-electron chi connectivity index (χ3n) is 4.58. The van der Waals surface area contributed by atoms with E-state index >= 15 is 0 Å². The average molecular weight is 455 g/mol. The Hall–Kier alpha value is -1.97. The third kappa shape index (κ3) is 6.52. The Morgan fingerprint density at radius 1 is 0.867 bits per heavy atom. The average Bonchev–Trinajstić information content (AvgIpc) is 2.80. The molecular weight excluding hydrogens is 431 g/mol. The molecule has 0 saturated carbocycles. The van der Waals surface area contributed by atoms with E-state index in [0.717, 1.165) is 37.8 Å². The van der Waals surface area contributed by atoms with Gasteiger partial charge >= 0.3 is 0 Å². The highest BCUT2D eigenvalue weighted by Crippen LogP contribution is 2.20. The molecule has 162 valence electrons. The Labute approximate surface area is 185 Å². The van der Waals surface area contributed by atoms with E-state index in [1.54, 1.807) is 18.2 Å². The van der Waals surface area contributed by atoms with Gasteiger partial charge in [-0.3, -0.25) is 4.79 Å². The molecule has 0 spiro atoms. The predicted molar refractivity (Wildman–Crippen MR) is 116 cm³/mol. The van der Waals surface area contributed by atoms with Crippen molar-refractivity contribution >= 4 is 41.1 Å². The molecule has 0 aliphatic carbocycles. The Morgan fingerprint density at radius 3 is 1.87 bits per heavy atom. The lowest BCUT2D eigenvalue weighted by Crippen LogP contribution is -2.36. The fourth-order valence-electron chi connectivity index (χ4n) is 3.09. The van der Waals surface area contributed by atoms with Crippen LogP contribution in [0.2, 0.25) is 10.0 Å². The normalized spacial score (nSPS) is 16.6. The molecule has 8 nitrogen and oxygen atoms in total. The number of morpholine rings is 2. The summed E-state index contributed by atoms with van der Waals surface area (Å²) in [5, 5.41) is 10.2. The second-order valence-electron chi connectivity index (χ2n) is 6.68. The molecule has 0 bridgehead atoms. The molecule has 2 aliphatic heterocycles. The van der Waals surface area contributed by atoms with Crippen LogP contribution >= 0.6 is 23.2 Å². The van der Waals surface area contributed by atoms with E-state index in [1.807, 2.05) is 6.07 Å². The minimum atomic E-state index is -0.0854. The monoisotopic (exact) mass is 454 g/mol. The number of aliphatic hydroxyl groups excluding tert-OH is 1. The van der Waals surface area contributed by atoms with Gasteiger partial charge in [0, 0.05) is 36.2 Å². The van der Waals surface area contributed by atoms with E-state index in [2.05, 4.69) is 19.8 Å². The first-order valence-corrected chi connectivity index (χ1v) is 10.4. The van der Waals surface area contributed by atoms with Crippen LogP contribution in [0, 0.1) is 0 Å². The summed E-state index contributed by atoms with van der Waals surface area (Å²) in [6, 6.07) is 6.80. The van der Waals surface area contributed by atoms with E-state index in [9.17, 15) is 4.79 Å². The van der Waals surface area contributed by atoms with Crippen LogP contribution < -0.4 is 9.80 Å². The van der Waals surface area contributed by atoms with Crippen molar-refractivity contribution in [2.45, 2.75) is 6.61 Å². The summed E-state index contributed by atoms with van der Waals surface area (Å²) in [6.07, 6.45) is 0.704. The van der Waals surface area contributed by atoms with Crippen LogP contribution in [0.4, 0.5) is 11.6 Å². The maximum Gasteiger partial charge on any atom is 0.168 e. The fourth-order valence-corrected chi connectivity index (χ4v) is 3.52. The molecule has 4 rings (SSSR count). The number of aldehydes is 1. The quantitative estimate of drug-likeness (QED) is 0.704. The molecule has 0 amide bonds. The number of halogens is 2. The Kier molecular flexibility index (Phi) is 8.65. The summed E-state index contributed by atoms with van der Waals surface area (Å²) >= 11 is 11.8. The van der Waals surface area contributed by atoms with Gasteiger partial charge in [0.15, 0.2) is 6.29 Å². The van der Waals surface area contributed by atoms with Crippen molar-refractivity contribution in [3.8, 4) is 0 Å². The van der Waals surface area contributed by atoms with Crippen molar-refractivity contribution in [2.24, 2.45) is 0 Å². The van der Waals surface area contributed by atoms with Crippen molar-refractivity contribution in [1.82, 2.24) is 9.97 Å². The summed E-state index contributed by atoms with van der Waals surface area (Å²) in [5.41, 5.74) is 0.966. The molecule has 2 aliphatic rings. The Morgan fingerprint density at radius 2 is 1.37 bits per heavy atom. The largest absolute Gasteiger partial charge is 0.390 e. The number of ether oxygens (including phenoxy) is 2. The van der Waals surface area contributed by atoms with Gasteiger partial charge < -0.3 is 24.4 Å². The Balaban J connectivity index is 0.000000171. The minimum absolute atomic E-state index is 0.0854. The van der Waals surface area contributed by atoms with Gasteiger partial charge in [-0.2, -0.15) is 0 Å². The molecule has 10 heteroatoms. The molecule has 0 radical (unpaired) electrons. The van der Waals surface area contributed by atoms with Crippen LogP contribution in [0.15, 0.2) is 24.3 Å². The van der Waals surface area contributed by atoms with Crippen LogP contribution in [-0.4, -0.2) is 74.0 Å². The number of aliphatic hydroxyl groups is 1. The molecule has 0 atom stereocenters. The number of hydrogen-bond acceptors (Lipinski definition) is 8. The zero-order valence-corrected chi connectivity index (χ0v) is 18.0. The van der Waals surface area contributed by atoms with Crippen LogP contribution in [-0.2, 0) is 16.1 Å². The second-order valence-corrected chi connectivity index (χ2v) is 7.55. The molecule has 4 heterocycles. The predicted octanol–water partition coefficient (Wildman–Crippen LogP) is 2.45. The first-order chi connectivity index (χ1) is 14.6. The van der Waals surface area contributed by atoms with Crippen molar-refractivity contribution in [3.63, 3.8) is 0 Å². The fraction of sp³-hybridized carbons (Fsp3) is 0.450. The lowest BCUT2D eigenvalue weighted by atomic mass is 10.3. The minimum Gasteiger partial charge on any atom is -0.390 e. The van der Waals surface area contributed by atoms with Crippen LogP contribution in [0.25, 0.3) is 0 Å². The lowest BCUT2D eigenvalue weighted by molar-refractivity contribution is 0.111. The number of anilines is 2. The summed E-state index contributed by atoms with van der Waals surface area (Å²) in [5.74, 6) is 1.56. The first-order valence-electron chi connectivity index (χ1n) is 9.64. The van der Waals surface area contributed by atoms with Gasteiger partial charge in [0.05, 0.1) is 38.7 Å². The summed E-state index contributed by atoms with van der Waals surface area (Å²) in [6.45, 7) is 5.91. The Bertz CT molecular complexity index is 844. The van der Waals surface area contributed by atoms with Gasteiger partial charge in [-0.05, 0) is 24.3 Å². The third-order valence-corrected chi connectivity index (χ3v) is 5.02. The molecule has 0 aromatic carbocycles. The maximum atomic E-state index is 10.6. The number of rotatable bonds is 4. The van der Waals surface area contributed by atoms with Crippen LogP contribution in [0.5, 0.6) is 0 Å². The zero-order chi connectivity index (χ0) is 21.3. The van der Waals surface area contributed by atoms with E-state index in [1.165, 1.54) is 0 Å². The highest BCUT2D eigenvalue weighted by atomic mass is 35.5. The standard InChI is InChI=1S/C10H13ClN2O2.C10H11ClN2O2/c2*11-8-5-9(7-14)12-10(6-8)13-1-3-15-4-2-13/h5-6,14H,1-4,7H2;5-7H,1-4H2. The van der Waals surface area contributed by atoms with Crippen molar-refractivity contribution in [3.05, 3.63) is 45.7 Å². The number of carbonyl (C=O) groups excluding carboxylic acids is 1. The number of carbonyl (C=O) groups is 1. The zero-order valence-electron chi connectivity index (χ0n) is 16.5. The summed E-state index contributed by atoms with van der Waals surface area (Å²) in [7, 11) is 0.